The van der Waals surface area contributed by atoms with Gasteiger partial charge in [0.25, 0.3) is 0 Å². The maximum atomic E-state index is 6.18. The molecule has 5 rings (SSSR count). The van der Waals surface area contributed by atoms with Gasteiger partial charge in [0.05, 0.1) is 0 Å². The van der Waals surface area contributed by atoms with E-state index in [9.17, 15) is 0 Å². The van der Waals surface area contributed by atoms with E-state index in [1.54, 1.807) is 0 Å². The summed E-state index contributed by atoms with van der Waals surface area (Å²) in [6.45, 7) is 0. The molecular weight excluding hydrogens is 368 g/mol. The molecular formula is C25H14B5N. The quantitative estimate of drug-likeness (QED) is 0.452. The number of anilines is 2. The highest BCUT2D eigenvalue weighted by atomic mass is 14.9. The predicted octanol–water partition coefficient (Wildman–Crippen LogP) is 0.637. The molecule has 1 aliphatic carbocycles. The molecule has 0 bridgehead atoms. The lowest BCUT2D eigenvalue weighted by Crippen LogP contribution is -2.55. The van der Waals surface area contributed by atoms with Crippen LogP contribution < -0.4 is 32.6 Å². The molecule has 134 valence electrons. The van der Waals surface area contributed by atoms with E-state index in [2.05, 4.69) is 47.8 Å². The van der Waals surface area contributed by atoms with Crippen molar-refractivity contribution in [2.75, 3.05) is 5.32 Å². The van der Waals surface area contributed by atoms with E-state index >= 15 is 0 Å². The molecule has 0 aliphatic heterocycles. The van der Waals surface area contributed by atoms with Crippen molar-refractivity contribution in [2.24, 2.45) is 0 Å². The fraction of sp³-hybridized carbons (Fsp3) is 0.0400. The number of hydrogen-bond donors (Lipinski definition) is 1. The molecule has 0 unspecified atom stereocenters. The van der Waals surface area contributed by atoms with Crippen LogP contribution >= 0.6 is 0 Å². The van der Waals surface area contributed by atoms with Crippen LogP contribution in [0.2, 0.25) is 0 Å². The summed E-state index contributed by atoms with van der Waals surface area (Å²) in [5, 5.41) is 3.47. The van der Waals surface area contributed by atoms with Crippen LogP contribution in [0.25, 0.3) is 22.3 Å². The first-order valence-electron chi connectivity index (χ1n) is 10.0. The Hall–Kier alpha value is -3.00. The summed E-state index contributed by atoms with van der Waals surface area (Å²) in [5.74, 6) is 0. The van der Waals surface area contributed by atoms with E-state index < -0.39 is 0 Å². The minimum Gasteiger partial charge on any atom is -0.356 e. The largest absolute Gasteiger partial charge is 0.356 e. The first-order chi connectivity index (χ1) is 14.9. The normalized spacial score (nSPS) is 11.7. The number of rotatable bonds is 3. The van der Waals surface area contributed by atoms with Crippen molar-refractivity contribution >= 4 is 77.9 Å². The Labute approximate surface area is 189 Å². The van der Waals surface area contributed by atoms with Crippen molar-refractivity contribution in [2.45, 2.75) is 6.42 Å². The lowest BCUT2D eigenvalue weighted by molar-refractivity contribution is 1.26. The summed E-state index contributed by atoms with van der Waals surface area (Å²) >= 11 is 0. The molecule has 4 aromatic rings. The van der Waals surface area contributed by atoms with Crippen LogP contribution in [0.15, 0.2) is 66.7 Å². The number of benzene rings is 4. The van der Waals surface area contributed by atoms with Crippen LogP contribution in [0.3, 0.4) is 0 Å². The van der Waals surface area contributed by atoms with E-state index in [1.165, 1.54) is 22.3 Å². The highest BCUT2D eigenvalue weighted by molar-refractivity contribution is 6.68. The highest BCUT2D eigenvalue weighted by Gasteiger charge is 2.18. The number of hydrogen-bond acceptors (Lipinski definition) is 1. The standard InChI is InChI=1S/C25H14B5N/c26-21-20(22(27)24(29)25(30)23(21)28)13-5-7-16(8-6-13)31-17-9-10-19-15(12-17)11-14-3-1-2-4-18(14)19/h1-10,12,31H,11H2. The van der Waals surface area contributed by atoms with Crippen molar-refractivity contribution in [1.29, 1.82) is 0 Å². The summed E-state index contributed by atoms with van der Waals surface area (Å²) in [5.41, 5.74) is 10.1. The first kappa shape index (κ1) is 19.9. The van der Waals surface area contributed by atoms with Crippen LogP contribution in [0, 0.1) is 0 Å². The minimum atomic E-state index is 0.218. The van der Waals surface area contributed by atoms with Gasteiger partial charge >= 0.3 is 0 Å². The molecule has 0 atom stereocenters. The van der Waals surface area contributed by atoms with E-state index in [0.29, 0.717) is 16.5 Å². The average molecular weight is 382 g/mol. The third kappa shape index (κ3) is 3.35. The topological polar surface area (TPSA) is 12.0 Å². The van der Waals surface area contributed by atoms with Gasteiger partial charge in [-0.3, -0.25) is 0 Å². The second-order valence-corrected chi connectivity index (χ2v) is 7.85. The molecule has 6 heteroatoms. The van der Waals surface area contributed by atoms with Crippen LogP contribution in [-0.2, 0) is 6.42 Å². The zero-order chi connectivity index (χ0) is 21.7. The van der Waals surface area contributed by atoms with Crippen molar-refractivity contribution in [3.63, 3.8) is 0 Å². The first-order valence-corrected chi connectivity index (χ1v) is 10.0. The molecule has 4 aromatic carbocycles. The average Bonchev–Trinajstić information content (AvgIpc) is 3.15. The van der Waals surface area contributed by atoms with Crippen molar-refractivity contribution < 1.29 is 0 Å². The number of fused-ring (bicyclic) bond motifs is 3. The molecule has 0 spiro atoms. The van der Waals surface area contributed by atoms with Gasteiger partial charge in [-0.1, -0.05) is 53.4 Å². The van der Waals surface area contributed by atoms with E-state index in [4.69, 9.17) is 39.2 Å². The molecule has 1 N–H and O–H groups in total. The molecule has 31 heavy (non-hydrogen) atoms. The van der Waals surface area contributed by atoms with Gasteiger partial charge in [0.15, 0.2) is 0 Å². The smallest absolute Gasteiger partial charge is 0.113 e. The van der Waals surface area contributed by atoms with Crippen LogP contribution in [0.5, 0.6) is 0 Å². The fourth-order valence-corrected chi connectivity index (χ4v) is 4.27. The van der Waals surface area contributed by atoms with E-state index in [1.807, 2.05) is 24.3 Å². The molecule has 0 saturated heterocycles. The summed E-state index contributed by atoms with van der Waals surface area (Å²) in [4.78, 5) is 0. The van der Waals surface area contributed by atoms with Gasteiger partial charge in [0.2, 0.25) is 0 Å². The number of nitrogens with one attached hydrogen (secondary N) is 1. The molecule has 0 fully saturated rings. The lowest BCUT2D eigenvalue weighted by atomic mass is 9.60. The Morgan fingerprint density at radius 3 is 1.84 bits per heavy atom. The Morgan fingerprint density at radius 1 is 0.548 bits per heavy atom. The predicted molar refractivity (Wildman–Crippen MR) is 137 cm³/mol. The van der Waals surface area contributed by atoms with E-state index in [-0.39, 0.29) is 16.4 Å². The van der Waals surface area contributed by atoms with Gasteiger partial charge in [-0.2, -0.15) is 0 Å². The molecule has 10 radical (unpaired) electrons. The molecule has 1 nitrogen and oxygen atoms in total. The second kappa shape index (κ2) is 7.60. The summed E-state index contributed by atoms with van der Waals surface area (Å²) in [7, 11) is 30.2. The fourth-order valence-electron chi connectivity index (χ4n) is 4.27. The third-order valence-electron chi connectivity index (χ3n) is 5.96. The maximum Gasteiger partial charge on any atom is 0.113 e. The molecule has 1 aliphatic rings. The third-order valence-corrected chi connectivity index (χ3v) is 5.96. The lowest BCUT2D eigenvalue weighted by Gasteiger charge is -2.21. The van der Waals surface area contributed by atoms with Crippen molar-refractivity contribution in [3.05, 3.63) is 77.9 Å². The molecule has 0 aromatic heterocycles. The zero-order valence-corrected chi connectivity index (χ0v) is 16.9. The SMILES string of the molecule is [B]c1c([B])c([B])c(-c2ccc(Nc3ccc4c(c3)Cc3ccccc3-4)cc2)c([B])c1[B]. The maximum absolute atomic E-state index is 6.18. The van der Waals surface area contributed by atoms with Crippen LogP contribution in [0.4, 0.5) is 11.4 Å². The molecule has 0 heterocycles. The van der Waals surface area contributed by atoms with Crippen molar-refractivity contribution in [1.82, 2.24) is 0 Å². The van der Waals surface area contributed by atoms with Gasteiger partial charge in [-0.25, -0.2) is 0 Å². The second-order valence-electron chi connectivity index (χ2n) is 7.85. The Morgan fingerprint density at radius 2 is 1.13 bits per heavy atom. The Bertz CT molecular complexity index is 1300. The van der Waals surface area contributed by atoms with Gasteiger partial charge in [0, 0.05) is 11.4 Å². The zero-order valence-electron chi connectivity index (χ0n) is 16.9. The Balaban J connectivity index is 1.42. The van der Waals surface area contributed by atoms with Crippen LogP contribution in [0.1, 0.15) is 11.1 Å². The van der Waals surface area contributed by atoms with Crippen LogP contribution in [-0.4, -0.2) is 39.2 Å². The monoisotopic (exact) mass is 383 g/mol. The van der Waals surface area contributed by atoms with Gasteiger partial charge < -0.3 is 5.32 Å². The summed E-state index contributed by atoms with van der Waals surface area (Å²) in [6, 6.07) is 22.8. The summed E-state index contributed by atoms with van der Waals surface area (Å²) < 4.78 is 0. The van der Waals surface area contributed by atoms with Gasteiger partial charge in [-0.05, 0) is 64.1 Å². The molecule has 0 saturated carbocycles. The van der Waals surface area contributed by atoms with E-state index in [0.717, 1.165) is 23.4 Å². The summed E-state index contributed by atoms with van der Waals surface area (Å²) in [6.07, 6.45) is 0.957. The minimum absolute atomic E-state index is 0.218. The highest BCUT2D eigenvalue weighted by Crippen LogP contribution is 2.38. The van der Waals surface area contributed by atoms with Crippen molar-refractivity contribution in [3.8, 4) is 22.3 Å². The van der Waals surface area contributed by atoms with Gasteiger partial charge in [0.1, 0.15) is 39.2 Å². The molecule has 0 amide bonds. The Kier molecular flexibility index (Phi) is 4.89. The van der Waals surface area contributed by atoms with Gasteiger partial charge in [-0.15, -0.1) is 16.4 Å².